The van der Waals surface area contributed by atoms with Crippen LogP contribution in [0.15, 0.2) is 24.3 Å². The van der Waals surface area contributed by atoms with Gasteiger partial charge in [0.15, 0.2) is 0 Å². The molecule has 0 spiro atoms. The molecule has 1 heterocycles. The fourth-order valence-electron chi connectivity index (χ4n) is 2.39. The summed E-state index contributed by atoms with van der Waals surface area (Å²) in [5.41, 5.74) is 7.62. The number of amides is 1. The molecule has 0 saturated carbocycles. The van der Waals surface area contributed by atoms with Gasteiger partial charge in [0.1, 0.15) is 0 Å². The molecule has 1 aliphatic heterocycles. The second-order valence-corrected chi connectivity index (χ2v) is 5.46. The normalized spacial score (nSPS) is 18.3. The number of carbonyl (C=O) groups excluding carboxylic acids is 1. The lowest BCUT2D eigenvalue weighted by Crippen LogP contribution is -2.47. The number of piperazine rings is 1. The third-order valence-electron chi connectivity index (χ3n) is 3.84. The molecule has 1 atom stereocenters. The minimum atomic E-state index is 0.243. The molecule has 104 valence electrons. The molecule has 4 nitrogen and oxygen atoms in total. The van der Waals surface area contributed by atoms with E-state index in [1.807, 2.05) is 29.2 Å². The molecular formula is C15H23N3O. The highest BCUT2D eigenvalue weighted by Crippen LogP contribution is 2.21. The van der Waals surface area contributed by atoms with Gasteiger partial charge in [0.05, 0.1) is 0 Å². The number of nitrogens with zero attached hydrogens (tertiary/aromatic N) is 2. The van der Waals surface area contributed by atoms with Crippen LogP contribution in [-0.2, 0) is 4.79 Å². The van der Waals surface area contributed by atoms with Crippen LogP contribution in [0.5, 0.6) is 0 Å². The van der Waals surface area contributed by atoms with E-state index in [1.165, 1.54) is 5.56 Å². The molecule has 2 N–H and O–H groups in total. The first-order valence-electron chi connectivity index (χ1n) is 6.88. The van der Waals surface area contributed by atoms with Crippen molar-refractivity contribution in [2.45, 2.75) is 19.3 Å². The third-order valence-corrected chi connectivity index (χ3v) is 3.84. The number of benzene rings is 1. The zero-order chi connectivity index (χ0) is 13.8. The van der Waals surface area contributed by atoms with E-state index in [4.69, 9.17) is 5.73 Å². The van der Waals surface area contributed by atoms with Crippen LogP contribution < -0.4 is 5.73 Å². The van der Waals surface area contributed by atoms with Crippen LogP contribution in [0, 0.1) is 0 Å². The monoisotopic (exact) mass is 261 g/mol. The Morgan fingerprint density at radius 3 is 2.37 bits per heavy atom. The summed E-state index contributed by atoms with van der Waals surface area (Å²) in [5.74, 6) is 0.505. The van der Waals surface area contributed by atoms with Crippen molar-refractivity contribution in [1.82, 2.24) is 9.80 Å². The zero-order valence-corrected chi connectivity index (χ0v) is 11.8. The van der Waals surface area contributed by atoms with Crippen molar-refractivity contribution in [2.75, 3.05) is 39.0 Å². The summed E-state index contributed by atoms with van der Waals surface area (Å²) in [6.45, 7) is 5.75. The van der Waals surface area contributed by atoms with Crippen LogP contribution in [0.1, 0.15) is 24.8 Å². The first-order chi connectivity index (χ1) is 9.06. The van der Waals surface area contributed by atoms with Crippen molar-refractivity contribution < 1.29 is 4.79 Å². The van der Waals surface area contributed by atoms with Gasteiger partial charge in [-0.1, -0.05) is 19.1 Å². The largest absolute Gasteiger partial charge is 0.399 e. The Hall–Kier alpha value is -1.55. The summed E-state index contributed by atoms with van der Waals surface area (Å²) in [6.07, 6.45) is 0.577. The van der Waals surface area contributed by atoms with Crippen molar-refractivity contribution in [1.29, 1.82) is 0 Å². The van der Waals surface area contributed by atoms with Crippen LogP contribution in [0.3, 0.4) is 0 Å². The number of rotatable bonds is 3. The minimum absolute atomic E-state index is 0.243. The number of anilines is 1. The summed E-state index contributed by atoms with van der Waals surface area (Å²) in [5, 5.41) is 0. The summed E-state index contributed by atoms with van der Waals surface area (Å²) >= 11 is 0. The van der Waals surface area contributed by atoms with Crippen LogP contribution in [0.25, 0.3) is 0 Å². The molecule has 19 heavy (non-hydrogen) atoms. The lowest BCUT2D eigenvalue weighted by molar-refractivity contribution is -0.133. The second kappa shape index (κ2) is 6.06. The van der Waals surface area contributed by atoms with Crippen molar-refractivity contribution in [2.24, 2.45) is 0 Å². The van der Waals surface area contributed by atoms with Gasteiger partial charge in [0.2, 0.25) is 5.91 Å². The molecule has 1 aromatic rings. The second-order valence-electron chi connectivity index (χ2n) is 5.46. The predicted octanol–water partition coefficient (Wildman–Crippen LogP) is 1.54. The Balaban J connectivity index is 1.89. The molecule has 1 amide bonds. The summed E-state index contributed by atoms with van der Waals surface area (Å²) in [6, 6.07) is 7.81. The van der Waals surface area contributed by atoms with Gasteiger partial charge in [-0.05, 0) is 30.7 Å². The van der Waals surface area contributed by atoms with E-state index in [9.17, 15) is 4.79 Å². The van der Waals surface area contributed by atoms with Gasteiger partial charge in [0.25, 0.3) is 0 Å². The third kappa shape index (κ3) is 3.70. The van der Waals surface area contributed by atoms with E-state index < -0.39 is 0 Å². The molecule has 1 unspecified atom stereocenters. The standard InChI is InChI=1S/C15H23N3O/c1-12(13-3-5-14(16)6-4-13)11-15(19)18-9-7-17(2)8-10-18/h3-6,12H,7-11,16H2,1-2H3. The average Bonchev–Trinajstić information content (AvgIpc) is 2.40. The number of likely N-dealkylation sites (N-methyl/N-ethyl adjacent to an activating group) is 1. The fourth-order valence-corrected chi connectivity index (χ4v) is 2.39. The highest BCUT2D eigenvalue weighted by atomic mass is 16.2. The maximum atomic E-state index is 12.2. The molecule has 1 aromatic carbocycles. The van der Waals surface area contributed by atoms with Gasteiger partial charge in [-0.3, -0.25) is 4.79 Å². The SMILES string of the molecule is CC(CC(=O)N1CCN(C)CC1)c1ccc(N)cc1. The Bertz CT molecular complexity index is 422. The minimum Gasteiger partial charge on any atom is -0.399 e. The maximum Gasteiger partial charge on any atom is 0.223 e. The molecular weight excluding hydrogens is 238 g/mol. The van der Waals surface area contributed by atoms with E-state index in [-0.39, 0.29) is 11.8 Å². The first-order valence-corrected chi connectivity index (χ1v) is 6.88. The Morgan fingerprint density at radius 1 is 1.21 bits per heavy atom. The summed E-state index contributed by atoms with van der Waals surface area (Å²) in [4.78, 5) is 16.5. The van der Waals surface area contributed by atoms with Crippen LogP contribution in [0.4, 0.5) is 5.69 Å². The van der Waals surface area contributed by atoms with E-state index in [0.29, 0.717) is 6.42 Å². The van der Waals surface area contributed by atoms with Crippen molar-refractivity contribution in [3.05, 3.63) is 29.8 Å². The van der Waals surface area contributed by atoms with Crippen LogP contribution >= 0.6 is 0 Å². The topological polar surface area (TPSA) is 49.6 Å². The lowest BCUT2D eigenvalue weighted by atomic mass is 9.97. The van der Waals surface area contributed by atoms with Gasteiger partial charge in [-0.15, -0.1) is 0 Å². The van der Waals surface area contributed by atoms with Crippen molar-refractivity contribution in [3.8, 4) is 0 Å². The number of nitrogen functional groups attached to an aromatic ring is 1. The molecule has 4 heteroatoms. The Morgan fingerprint density at radius 2 is 1.79 bits per heavy atom. The molecule has 1 saturated heterocycles. The van der Waals surface area contributed by atoms with Crippen LogP contribution in [0.2, 0.25) is 0 Å². The molecule has 0 aliphatic carbocycles. The molecule has 0 radical (unpaired) electrons. The van der Waals surface area contributed by atoms with E-state index in [0.717, 1.165) is 31.9 Å². The Labute approximate surface area is 115 Å². The van der Waals surface area contributed by atoms with E-state index in [2.05, 4.69) is 18.9 Å². The highest BCUT2D eigenvalue weighted by Gasteiger charge is 2.21. The zero-order valence-electron chi connectivity index (χ0n) is 11.8. The summed E-state index contributed by atoms with van der Waals surface area (Å²) < 4.78 is 0. The highest BCUT2D eigenvalue weighted by molar-refractivity contribution is 5.77. The molecule has 1 fully saturated rings. The van der Waals surface area contributed by atoms with Gasteiger partial charge >= 0.3 is 0 Å². The molecule has 0 aromatic heterocycles. The quantitative estimate of drug-likeness (QED) is 0.840. The predicted molar refractivity (Wildman–Crippen MR) is 78.0 cm³/mol. The molecule has 0 bridgehead atoms. The van der Waals surface area contributed by atoms with E-state index >= 15 is 0 Å². The molecule has 1 aliphatic rings. The maximum absolute atomic E-state index is 12.2. The van der Waals surface area contributed by atoms with Gasteiger partial charge in [-0.25, -0.2) is 0 Å². The Kier molecular flexibility index (Phi) is 4.43. The van der Waals surface area contributed by atoms with Gasteiger partial charge in [-0.2, -0.15) is 0 Å². The molecule has 2 rings (SSSR count). The van der Waals surface area contributed by atoms with Crippen molar-refractivity contribution >= 4 is 11.6 Å². The average molecular weight is 261 g/mol. The lowest BCUT2D eigenvalue weighted by Gasteiger charge is -2.33. The smallest absolute Gasteiger partial charge is 0.223 e. The van der Waals surface area contributed by atoms with Crippen LogP contribution in [-0.4, -0.2) is 48.9 Å². The number of hydrogen-bond donors (Lipinski definition) is 1. The number of nitrogens with two attached hydrogens (primary N) is 1. The van der Waals surface area contributed by atoms with Gasteiger partial charge < -0.3 is 15.5 Å². The van der Waals surface area contributed by atoms with Gasteiger partial charge in [0, 0.05) is 38.3 Å². The first kappa shape index (κ1) is 13.9. The van der Waals surface area contributed by atoms with E-state index in [1.54, 1.807) is 0 Å². The number of carbonyl (C=O) groups is 1. The number of hydrogen-bond acceptors (Lipinski definition) is 3. The van der Waals surface area contributed by atoms with Crippen molar-refractivity contribution in [3.63, 3.8) is 0 Å². The summed E-state index contributed by atoms with van der Waals surface area (Å²) in [7, 11) is 2.10. The fraction of sp³-hybridized carbons (Fsp3) is 0.533.